The van der Waals surface area contributed by atoms with Crippen LogP contribution in [0, 0.1) is 0 Å². The van der Waals surface area contributed by atoms with E-state index in [2.05, 4.69) is 43.0 Å². The van der Waals surface area contributed by atoms with Crippen LogP contribution < -0.4 is 4.74 Å². The second kappa shape index (κ2) is 7.11. The van der Waals surface area contributed by atoms with Gasteiger partial charge in [-0.2, -0.15) is 5.10 Å². The molecule has 3 aromatic rings. The minimum Gasteiger partial charge on any atom is -0.497 e. The van der Waals surface area contributed by atoms with E-state index in [4.69, 9.17) is 4.74 Å². The average Bonchev–Trinajstić information content (AvgIpc) is 3.35. The quantitative estimate of drug-likeness (QED) is 0.777. The van der Waals surface area contributed by atoms with Crippen molar-refractivity contribution in [1.29, 1.82) is 0 Å². The first kappa shape index (κ1) is 15.9. The number of imidazole rings is 1. The number of likely N-dealkylation sites (tertiary alicyclic amines) is 1. The molecule has 2 aromatic heterocycles. The lowest BCUT2D eigenvalue weighted by Gasteiger charge is -2.32. The van der Waals surface area contributed by atoms with Crippen LogP contribution in [0.2, 0.25) is 0 Å². The van der Waals surface area contributed by atoms with Crippen LogP contribution in [0.1, 0.15) is 24.4 Å². The SMILES string of the molecule is COc1ccc(-c2[nH]ncc2CN2CCC(n3ccnc3)CC2)cc1. The van der Waals surface area contributed by atoms with Crippen molar-refractivity contribution in [3.8, 4) is 17.0 Å². The molecular formula is C19H23N5O. The van der Waals surface area contributed by atoms with E-state index in [9.17, 15) is 0 Å². The first-order chi connectivity index (χ1) is 12.3. The summed E-state index contributed by atoms with van der Waals surface area (Å²) in [6.07, 6.45) is 10.1. The minimum absolute atomic E-state index is 0.573. The van der Waals surface area contributed by atoms with E-state index in [1.165, 1.54) is 5.56 Å². The highest BCUT2D eigenvalue weighted by Crippen LogP contribution is 2.27. The highest BCUT2D eigenvalue weighted by molar-refractivity contribution is 5.63. The zero-order valence-corrected chi connectivity index (χ0v) is 14.4. The number of hydrogen-bond donors (Lipinski definition) is 1. The number of methoxy groups -OCH3 is 1. The maximum atomic E-state index is 5.24. The molecule has 0 radical (unpaired) electrons. The average molecular weight is 337 g/mol. The van der Waals surface area contributed by atoms with Gasteiger partial charge in [-0.1, -0.05) is 0 Å². The number of benzene rings is 1. The fraction of sp³-hybridized carbons (Fsp3) is 0.368. The van der Waals surface area contributed by atoms with Gasteiger partial charge in [-0.25, -0.2) is 4.98 Å². The Hall–Kier alpha value is -2.60. The first-order valence-electron chi connectivity index (χ1n) is 8.70. The van der Waals surface area contributed by atoms with Gasteiger partial charge < -0.3 is 9.30 Å². The lowest BCUT2D eigenvalue weighted by atomic mass is 10.0. The first-order valence-corrected chi connectivity index (χ1v) is 8.70. The second-order valence-corrected chi connectivity index (χ2v) is 6.52. The number of aromatic nitrogens is 4. The molecule has 6 heteroatoms. The van der Waals surface area contributed by atoms with Crippen LogP contribution in [-0.2, 0) is 6.54 Å². The van der Waals surface area contributed by atoms with Gasteiger partial charge in [0.2, 0.25) is 0 Å². The zero-order chi connectivity index (χ0) is 17.1. The lowest BCUT2D eigenvalue weighted by Crippen LogP contribution is -2.34. The van der Waals surface area contributed by atoms with Gasteiger partial charge >= 0.3 is 0 Å². The Balaban J connectivity index is 1.41. The summed E-state index contributed by atoms with van der Waals surface area (Å²) < 4.78 is 7.47. The molecule has 25 heavy (non-hydrogen) atoms. The van der Waals surface area contributed by atoms with Gasteiger partial charge in [0.05, 0.1) is 25.3 Å². The number of ether oxygens (including phenoxy) is 1. The molecule has 0 spiro atoms. The third-order valence-corrected chi connectivity index (χ3v) is 4.99. The van der Waals surface area contributed by atoms with Gasteiger partial charge in [0.15, 0.2) is 0 Å². The molecule has 0 aliphatic carbocycles. The van der Waals surface area contributed by atoms with E-state index in [-0.39, 0.29) is 0 Å². The summed E-state index contributed by atoms with van der Waals surface area (Å²) in [4.78, 5) is 6.67. The van der Waals surface area contributed by atoms with Gasteiger partial charge in [0.25, 0.3) is 0 Å². The number of piperidine rings is 1. The van der Waals surface area contributed by atoms with E-state index >= 15 is 0 Å². The van der Waals surface area contributed by atoms with E-state index in [0.29, 0.717) is 6.04 Å². The molecule has 3 heterocycles. The Morgan fingerprint density at radius 2 is 2.00 bits per heavy atom. The van der Waals surface area contributed by atoms with Crippen molar-refractivity contribution in [2.24, 2.45) is 0 Å². The smallest absolute Gasteiger partial charge is 0.118 e. The molecule has 4 rings (SSSR count). The predicted octanol–water partition coefficient (Wildman–Crippen LogP) is 3.12. The van der Waals surface area contributed by atoms with Gasteiger partial charge in [0, 0.05) is 49.2 Å². The number of aromatic amines is 1. The van der Waals surface area contributed by atoms with Crippen LogP contribution >= 0.6 is 0 Å². The highest BCUT2D eigenvalue weighted by atomic mass is 16.5. The number of H-pyrrole nitrogens is 1. The van der Waals surface area contributed by atoms with Crippen LogP contribution in [0.25, 0.3) is 11.3 Å². The summed E-state index contributed by atoms with van der Waals surface area (Å²) in [5.74, 6) is 0.867. The Labute approximate surface area is 147 Å². The molecule has 0 saturated carbocycles. The summed E-state index contributed by atoms with van der Waals surface area (Å²) in [6, 6.07) is 8.68. The topological polar surface area (TPSA) is 59.0 Å². The molecule has 6 nitrogen and oxygen atoms in total. The molecule has 130 valence electrons. The summed E-state index contributed by atoms with van der Waals surface area (Å²) in [6.45, 7) is 3.11. The maximum Gasteiger partial charge on any atom is 0.118 e. The normalized spacial score (nSPS) is 16.2. The highest BCUT2D eigenvalue weighted by Gasteiger charge is 2.21. The molecule has 1 aliphatic heterocycles. The molecular weight excluding hydrogens is 314 g/mol. The van der Waals surface area contributed by atoms with Crippen molar-refractivity contribution in [1.82, 2.24) is 24.6 Å². The van der Waals surface area contributed by atoms with Gasteiger partial charge in [-0.05, 0) is 37.1 Å². The van der Waals surface area contributed by atoms with Crippen molar-refractivity contribution in [3.05, 3.63) is 54.7 Å². The van der Waals surface area contributed by atoms with E-state index < -0.39 is 0 Å². The number of nitrogens with zero attached hydrogens (tertiary/aromatic N) is 4. The fourth-order valence-electron chi connectivity index (χ4n) is 3.54. The van der Waals surface area contributed by atoms with Crippen molar-refractivity contribution in [3.63, 3.8) is 0 Å². The van der Waals surface area contributed by atoms with E-state index in [1.807, 2.05) is 30.9 Å². The van der Waals surface area contributed by atoms with E-state index in [1.54, 1.807) is 7.11 Å². The lowest BCUT2D eigenvalue weighted by molar-refractivity contribution is 0.180. The number of hydrogen-bond acceptors (Lipinski definition) is 4. The minimum atomic E-state index is 0.573. The van der Waals surface area contributed by atoms with Crippen LogP contribution in [0.15, 0.2) is 49.2 Å². The predicted molar refractivity (Wildman–Crippen MR) is 96.4 cm³/mol. The van der Waals surface area contributed by atoms with Crippen molar-refractivity contribution in [2.75, 3.05) is 20.2 Å². The van der Waals surface area contributed by atoms with E-state index in [0.717, 1.165) is 49.5 Å². The third-order valence-electron chi connectivity index (χ3n) is 4.99. The molecule has 1 N–H and O–H groups in total. The van der Waals surface area contributed by atoms with Crippen molar-refractivity contribution < 1.29 is 4.74 Å². The van der Waals surface area contributed by atoms with Gasteiger partial charge in [-0.15, -0.1) is 0 Å². The molecule has 1 fully saturated rings. The molecule has 0 bridgehead atoms. The van der Waals surface area contributed by atoms with Crippen LogP contribution in [-0.4, -0.2) is 44.8 Å². The van der Waals surface area contributed by atoms with Crippen molar-refractivity contribution >= 4 is 0 Å². The molecule has 1 aliphatic rings. The van der Waals surface area contributed by atoms with Crippen LogP contribution in [0.5, 0.6) is 5.75 Å². The largest absolute Gasteiger partial charge is 0.497 e. The summed E-state index contributed by atoms with van der Waals surface area (Å²) in [5, 5.41) is 7.42. The summed E-state index contributed by atoms with van der Waals surface area (Å²) in [7, 11) is 1.68. The maximum absolute atomic E-state index is 5.24. The Kier molecular flexibility index (Phi) is 4.52. The van der Waals surface area contributed by atoms with Gasteiger partial charge in [0.1, 0.15) is 5.75 Å². The molecule has 0 amide bonds. The summed E-state index contributed by atoms with van der Waals surface area (Å²) >= 11 is 0. The van der Waals surface area contributed by atoms with Crippen LogP contribution in [0.4, 0.5) is 0 Å². The number of rotatable bonds is 5. The fourth-order valence-corrected chi connectivity index (χ4v) is 3.54. The Morgan fingerprint density at radius 1 is 1.20 bits per heavy atom. The third kappa shape index (κ3) is 3.44. The zero-order valence-electron chi connectivity index (χ0n) is 14.4. The van der Waals surface area contributed by atoms with Crippen LogP contribution in [0.3, 0.4) is 0 Å². The molecule has 1 aromatic carbocycles. The molecule has 0 atom stereocenters. The Morgan fingerprint density at radius 3 is 2.68 bits per heavy atom. The molecule has 0 unspecified atom stereocenters. The second-order valence-electron chi connectivity index (χ2n) is 6.52. The number of nitrogens with one attached hydrogen (secondary N) is 1. The summed E-state index contributed by atoms with van der Waals surface area (Å²) in [5.41, 5.74) is 3.48. The Bertz CT molecular complexity index is 786. The molecule has 1 saturated heterocycles. The monoisotopic (exact) mass is 337 g/mol. The van der Waals surface area contributed by atoms with Crippen molar-refractivity contribution in [2.45, 2.75) is 25.4 Å². The van der Waals surface area contributed by atoms with Gasteiger partial charge in [-0.3, -0.25) is 10.00 Å². The standard InChI is InChI=1S/C19H23N5O/c1-25-18-4-2-15(3-5-18)19-16(12-21-22-19)13-23-9-6-17(7-10-23)24-11-8-20-14-24/h2-5,8,11-12,14,17H,6-7,9-10,13H2,1H3,(H,21,22).